The minimum absolute atomic E-state index is 0.216. The van der Waals surface area contributed by atoms with Gasteiger partial charge in [-0.2, -0.15) is 5.26 Å². The number of hydrogen-bond donors (Lipinski definition) is 2. The first-order chi connectivity index (χ1) is 9.24. The summed E-state index contributed by atoms with van der Waals surface area (Å²) in [6, 6.07) is 17.4. The smallest absolute Gasteiger partial charge is 0.0753 e. The number of halogens is 1. The normalized spacial score (nSPS) is 11.6. The Kier molecular flexibility index (Phi) is 4.40. The van der Waals surface area contributed by atoms with E-state index in [0.717, 1.165) is 16.8 Å². The summed E-state index contributed by atoms with van der Waals surface area (Å²) in [5, 5.41) is 10.0. The fourth-order valence-corrected chi connectivity index (χ4v) is 2.12. The lowest BCUT2D eigenvalue weighted by Crippen LogP contribution is -2.10. The molecule has 0 aliphatic rings. The first kappa shape index (κ1) is 13.4. The molecule has 96 valence electrons. The molecule has 0 saturated heterocycles. The Bertz CT molecular complexity index is 587. The van der Waals surface area contributed by atoms with Crippen LogP contribution in [0, 0.1) is 11.3 Å². The van der Waals surface area contributed by atoms with Crippen LogP contribution in [0.5, 0.6) is 0 Å². The Hall–Kier alpha value is -2.02. The molecule has 0 aliphatic carbocycles. The van der Waals surface area contributed by atoms with E-state index in [9.17, 15) is 5.26 Å². The molecule has 0 aromatic heterocycles. The highest BCUT2D eigenvalue weighted by atomic mass is 35.5. The predicted molar refractivity (Wildman–Crippen MR) is 77.8 cm³/mol. The Labute approximate surface area is 117 Å². The van der Waals surface area contributed by atoms with Gasteiger partial charge in [0.05, 0.1) is 17.7 Å². The van der Waals surface area contributed by atoms with Crippen LogP contribution in [-0.4, -0.2) is 0 Å². The number of nitrogens with zero attached hydrogens (tertiary/aromatic N) is 1. The first-order valence-electron chi connectivity index (χ1n) is 5.94. The molecule has 0 radical (unpaired) electrons. The molecule has 0 aliphatic heterocycles. The van der Waals surface area contributed by atoms with Gasteiger partial charge < -0.3 is 5.43 Å². The summed E-state index contributed by atoms with van der Waals surface area (Å²) in [6.45, 7) is 0. The van der Waals surface area contributed by atoms with E-state index in [-0.39, 0.29) is 5.92 Å². The molecule has 2 rings (SSSR count). The van der Waals surface area contributed by atoms with Crippen LogP contribution in [0.3, 0.4) is 0 Å². The van der Waals surface area contributed by atoms with E-state index in [1.807, 2.05) is 36.4 Å². The van der Waals surface area contributed by atoms with Crippen molar-refractivity contribution in [3.63, 3.8) is 0 Å². The molecule has 0 fully saturated rings. The van der Waals surface area contributed by atoms with Crippen LogP contribution >= 0.6 is 11.6 Å². The highest BCUT2D eigenvalue weighted by molar-refractivity contribution is 6.30. The lowest BCUT2D eigenvalue weighted by atomic mass is 9.92. The van der Waals surface area contributed by atoms with Crippen molar-refractivity contribution in [2.75, 3.05) is 5.43 Å². The summed E-state index contributed by atoms with van der Waals surface area (Å²) in [4.78, 5) is 0. The maximum atomic E-state index is 9.34. The fourth-order valence-electron chi connectivity index (χ4n) is 1.99. The van der Waals surface area contributed by atoms with Crippen molar-refractivity contribution < 1.29 is 0 Å². The maximum Gasteiger partial charge on any atom is 0.0753 e. The highest BCUT2D eigenvalue weighted by Crippen LogP contribution is 2.25. The molecule has 0 heterocycles. The van der Waals surface area contributed by atoms with E-state index < -0.39 is 0 Å². The minimum Gasteiger partial charge on any atom is -0.324 e. The van der Waals surface area contributed by atoms with Crippen LogP contribution in [0.2, 0.25) is 5.02 Å². The number of nitrogens with two attached hydrogens (primary N) is 1. The average molecular weight is 272 g/mol. The van der Waals surface area contributed by atoms with Crippen LogP contribution < -0.4 is 11.3 Å². The number of rotatable bonds is 4. The number of para-hydroxylation sites is 1. The van der Waals surface area contributed by atoms with Gasteiger partial charge in [-0.3, -0.25) is 5.84 Å². The van der Waals surface area contributed by atoms with E-state index >= 15 is 0 Å². The summed E-state index contributed by atoms with van der Waals surface area (Å²) < 4.78 is 0. The lowest BCUT2D eigenvalue weighted by Gasteiger charge is -2.13. The molecule has 4 heteroatoms. The number of benzene rings is 2. The molecule has 3 nitrogen and oxygen atoms in total. The number of nitriles is 1. The molecule has 2 aromatic carbocycles. The Morgan fingerprint density at radius 2 is 1.84 bits per heavy atom. The Balaban J connectivity index is 2.24. The largest absolute Gasteiger partial charge is 0.324 e. The van der Waals surface area contributed by atoms with Gasteiger partial charge in [-0.05, 0) is 35.7 Å². The monoisotopic (exact) mass is 271 g/mol. The summed E-state index contributed by atoms with van der Waals surface area (Å²) >= 11 is 5.86. The first-order valence-corrected chi connectivity index (χ1v) is 6.32. The zero-order valence-corrected chi connectivity index (χ0v) is 11.1. The van der Waals surface area contributed by atoms with Gasteiger partial charge in [0.25, 0.3) is 0 Å². The number of nitrogens with one attached hydrogen (secondary N) is 1. The third-order valence-electron chi connectivity index (χ3n) is 3.03. The Morgan fingerprint density at radius 3 is 2.47 bits per heavy atom. The molecular formula is C15H14ClN3. The standard InChI is InChI=1S/C15H14ClN3/c16-14-7-5-11(6-8-14)13(10-17)9-12-3-1-2-4-15(12)19-18/h1-8,13,19H,9,18H2. The van der Waals surface area contributed by atoms with Gasteiger partial charge in [0.2, 0.25) is 0 Å². The van der Waals surface area contributed by atoms with Gasteiger partial charge >= 0.3 is 0 Å². The second-order valence-electron chi connectivity index (χ2n) is 4.24. The van der Waals surface area contributed by atoms with Gasteiger partial charge in [-0.15, -0.1) is 0 Å². The van der Waals surface area contributed by atoms with Gasteiger partial charge in [0.1, 0.15) is 0 Å². The van der Waals surface area contributed by atoms with Crippen molar-refractivity contribution in [2.45, 2.75) is 12.3 Å². The van der Waals surface area contributed by atoms with E-state index in [2.05, 4.69) is 11.5 Å². The molecule has 0 saturated carbocycles. The molecular weight excluding hydrogens is 258 g/mol. The SMILES string of the molecule is N#CC(Cc1ccccc1NN)c1ccc(Cl)cc1. The second-order valence-corrected chi connectivity index (χ2v) is 4.68. The maximum absolute atomic E-state index is 9.34. The van der Waals surface area contributed by atoms with Crippen LogP contribution in [0.15, 0.2) is 48.5 Å². The van der Waals surface area contributed by atoms with E-state index in [1.54, 1.807) is 12.1 Å². The number of hydrogen-bond acceptors (Lipinski definition) is 3. The molecule has 19 heavy (non-hydrogen) atoms. The quantitative estimate of drug-likeness (QED) is 0.661. The summed E-state index contributed by atoms with van der Waals surface area (Å²) in [6.07, 6.45) is 0.610. The third-order valence-corrected chi connectivity index (χ3v) is 3.28. The second kappa shape index (κ2) is 6.24. The van der Waals surface area contributed by atoms with E-state index in [0.29, 0.717) is 11.4 Å². The molecule has 0 bridgehead atoms. The molecule has 3 N–H and O–H groups in total. The lowest BCUT2D eigenvalue weighted by molar-refractivity contribution is 0.849. The molecule has 0 amide bonds. The average Bonchev–Trinajstić information content (AvgIpc) is 2.46. The molecule has 0 spiro atoms. The van der Waals surface area contributed by atoms with Crippen molar-refractivity contribution >= 4 is 17.3 Å². The van der Waals surface area contributed by atoms with Gasteiger partial charge in [-0.1, -0.05) is 41.9 Å². The highest BCUT2D eigenvalue weighted by Gasteiger charge is 2.13. The van der Waals surface area contributed by atoms with Gasteiger partial charge in [0, 0.05) is 5.02 Å². The van der Waals surface area contributed by atoms with Crippen LogP contribution in [0.1, 0.15) is 17.0 Å². The zero-order valence-electron chi connectivity index (χ0n) is 10.3. The topological polar surface area (TPSA) is 61.8 Å². The molecule has 2 aromatic rings. The van der Waals surface area contributed by atoms with Crippen LogP contribution in [0.4, 0.5) is 5.69 Å². The minimum atomic E-state index is -0.216. The number of hydrazine groups is 1. The van der Waals surface area contributed by atoms with Crippen LogP contribution in [-0.2, 0) is 6.42 Å². The fraction of sp³-hybridized carbons (Fsp3) is 0.133. The number of anilines is 1. The Morgan fingerprint density at radius 1 is 1.16 bits per heavy atom. The molecule has 1 atom stereocenters. The summed E-state index contributed by atoms with van der Waals surface area (Å²) in [7, 11) is 0. The number of nitrogen functional groups attached to an aromatic ring is 1. The summed E-state index contributed by atoms with van der Waals surface area (Å²) in [5.41, 5.74) is 5.48. The zero-order chi connectivity index (χ0) is 13.7. The van der Waals surface area contributed by atoms with Gasteiger partial charge in [0.15, 0.2) is 0 Å². The van der Waals surface area contributed by atoms with Crippen molar-refractivity contribution in [3.8, 4) is 6.07 Å². The summed E-state index contributed by atoms with van der Waals surface area (Å²) in [5.74, 6) is 5.26. The van der Waals surface area contributed by atoms with Crippen LogP contribution in [0.25, 0.3) is 0 Å². The van der Waals surface area contributed by atoms with Crippen molar-refractivity contribution in [1.82, 2.24) is 0 Å². The van der Waals surface area contributed by atoms with Gasteiger partial charge in [-0.25, -0.2) is 0 Å². The predicted octanol–water partition coefficient (Wildman–Crippen LogP) is 3.48. The van der Waals surface area contributed by atoms with Crippen molar-refractivity contribution in [1.29, 1.82) is 5.26 Å². The van der Waals surface area contributed by atoms with E-state index in [4.69, 9.17) is 17.4 Å². The molecule has 1 unspecified atom stereocenters. The van der Waals surface area contributed by atoms with Crippen molar-refractivity contribution in [3.05, 3.63) is 64.7 Å². The van der Waals surface area contributed by atoms with E-state index in [1.165, 1.54) is 0 Å². The third kappa shape index (κ3) is 3.25. The van der Waals surface area contributed by atoms with Crippen molar-refractivity contribution in [2.24, 2.45) is 5.84 Å².